The summed E-state index contributed by atoms with van der Waals surface area (Å²) >= 11 is 3.34. The van der Waals surface area contributed by atoms with Crippen molar-refractivity contribution in [3.63, 3.8) is 0 Å². The molecule has 1 aromatic rings. The first-order valence-corrected chi connectivity index (χ1v) is 6.77. The average Bonchev–Trinajstić information content (AvgIpc) is 2.27. The van der Waals surface area contributed by atoms with Crippen LogP contribution in [-0.4, -0.2) is 28.9 Å². The van der Waals surface area contributed by atoms with Crippen LogP contribution in [0.4, 0.5) is 0 Å². The highest BCUT2D eigenvalue weighted by atomic mass is 79.9. The van der Waals surface area contributed by atoms with E-state index in [0.29, 0.717) is 22.0 Å². The molecule has 2 rings (SSSR count). The predicted octanol–water partition coefficient (Wildman–Crippen LogP) is 2.96. The lowest BCUT2D eigenvalue weighted by Gasteiger charge is -2.35. The summed E-state index contributed by atoms with van der Waals surface area (Å²) in [6.07, 6.45) is 2.89. The average molecular weight is 297 g/mol. The van der Waals surface area contributed by atoms with Gasteiger partial charge in [-0.05, 0) is 46.3 Å². The Hall–Kier alpha value is -0.900. The molecule has 0 radical (unpaired) electrons. The summed E-state index contributed by atoms with van der Waals surface area (Å²) in [6.45, 7) is 6.11. The number of halogens is 1. The van der Waals surface area contributed by atoms with Gasteiger partial charge in [0.1, 0.15) is 4.60 Å². The third-order valence-corrected chi connectivity index (χ3v) is 3.78. The number of rotatable bonds is 1. The van der Waals surface area contributed by atoms with Gasteiger partial charge in [-0.3, -0.25) is 4.79 Å². The van der Waals surface area contributed by atoms with Crippen molar-refractivity contribution < 1.29 is 4.79 Å². The summed E-state index contributed by atoms with van der Waals surface area (Å²) in [4.78, 5) is 18.4. The maximum Gasteiger partial charge on any atom is 0.256 e. The van der Waals surface area contributed by atoms with Crippen LogP contribution in [0.5, 0.6) is 0 Å². The Balaban J connectivity index is 2.17. The molecule has 0 saturated carbocycles. The molecule has 17 heavy (non-hydrogen) atoms. The predicted molar refractivity (Wildman–Crippen MR) is 70.8 cm³/mol. The first-order chi connectivity index (χ1) is 8.08. The first kappa shape index (κ1) is 12.6. The van der Waals surface area contributed by atoms with Crippen LogP contribution in [0.25, 0.3) is 0 Å². The zero-order valence-electron chi connectivity index (χ0n) is 10.2. The summed E-state index contributed by atoms with van der Waals surface area (Å²) in [5.41, 5.74) is 0.661. The molecule has 1 aliphatic rings. The molecule has 0 bridgehead atoms. The van der Waals surface area contributed by atoms with E-state index in [1.54, 1.807) is 12.3 Å². The Morgan fingerprint density at radius 2 is 2.06 bits per heavy atom. The van der Waals surface area contributed by atoms with E-state index >= 15 is 0 Å². The summed E-state index contributed by atoms with van der Waals surface area (Å²) in [7, 11) is 0. The van der Waals surface area contributed by atoms with E-state index in [0.717, 1.165) is 13.1 Å². The van der Waals surface area contributed by atoms with Gasteiger partial charge in [-0.1, -0.05) is 13.8 Å². The number of aromatic nitrogens is 1. The smallest absolute Gasteiger partial charge is 0.256 e. The van der Waals surface area contributed by atoms with E-state index < -0.39 is 0 Å². The van der Waals surface area contributed by atoms with E-state index in [4.69, 9.17) is 0 Å². The number of likely N-dealkylation sites (tertiary alicyclic amines) is 1. The van der Waals surface area contributed by atoms with Gasteiger partial charge in [0, 0.05) is 19.3 Å². The standard InChI is InChI=1S/C13H17BrN2O/c1-9-6-10(2)8-16(7-9)13(17)11-4-3-5-15-12(11)14/h3-5,9-10H,6-8H2,1-2H3. The highest BCUT2D eigenvalue weighted by Gasteiger charge is 2.27. The minimum Gasteiger partial charge on any atom is -0.338 e. The fourth-order valence-corrected chi connectivity index (χ4v) is 2.96. The fourth-order valence-electron chi connectivity index (χ4n) is 2.54. The van der Waals surface area contributed by atoms with Gasteiger partial charge >= 0.3 is 0 Å². The Morgan fingerprint density at radius 1 is 1.41 bits per heavy atom. The summed E-state index contributed by atoms with van der Waals surface area (Å²) in [5, 5.41) is 0. The van der Waals surface area contributed by atoms with Crippen molar-refractivity contribution >= 4 is 21.8 Å². The second-order valence-corrected chi connectivity index (χ2v) is 5.75. The van der Waals surface area contributed by atoms with Crippen LogP contribution >= 0.6 is 15.9 Å². The van der Waals surface area contributed by atoms with E-state index in [9.17, 15) is 4.79 Å². The lowest BCUT2D eigenvalue weighted by molar-refractivity contribution is 0.0621. The van der Waals surface area contributed by atoms with Crippen LogP contribution in [0.15, 0.2) is 22.9 Å². The zero-order valence-corrected chi connectivity index (χ0v) is 11.8. The number of carbonyl (C=O) groups is 1. The van der Waals surface area contributed by atoms with Gasteiger partial charge in [-0.25, -0.2) is 4.98 Å². The number of hydrogen-bond acceptors (Lipinski definition) is 2. The molecule has 2 unspecified atom stereocenters. The molecular weight excluding hydrogens is 280 g/mol. The van der Waals surface area contributed by atoms with Crippen LogP contribution < -0.4 is 0 Å². The molecule has 1 amide bonds. The Morgan fingerprint density at radius 3 is 2.65 bits per heavy atom. The minimum absolute atomic E-state index is 0.0865. The number of nitrogens with zero attached hydrogens (tertiary/aromatic N) is 2. The zero-order chi connectivity index (χ0) is 12.4. The van der Waals surface area contributed by atoms with Crippen molar-refractivity contribution in [2.75, 3.05) is 13.1 Å². The van der Waals surface area contributed by atoms with Crippen LogP contribution in [0, 0.1) is 11.8 Å². The fraction of sp³-hybridized carbons (Fsp3) is 0.538. The molecule has 4 heteroatoms. The SMILES string of the molecule is CC1CC(C)CN(C(=O)c2cccnc2Br)C1. The molecule has 1 aromatic heterocycles. The van der Waals surface area contributed by atoms with E-state index in [2.05, 4.69) is 34.8 Å². The third-order valence-electron chi connectivity index (χ3n) is 3.15. The van der Waals surface area contributed by atoms with Gasteiger partial charge in [0.25, 0.3) is 5.91 Å². The van der Waals surface area contributed by atoms with Crippen molar-refractivity contribution in [2.24, 2.45) is 11.8 Å². The first-order valence-electron chi connectivity index (χ1n) is 5.97. The van der Waals surface area contributed by atoms with Gasteiger partial charge in [0.05, 0.1) is 5.56 Å². The third kappa shape index (κ3) is 2.86. The molecule has 0 spiro atoms. The van der Waals surface area contributed by atoms with Crippen LogP contribution in [-0.2, 0) is 0 Å². The number of amides is 1. The molecule has 2 atom stereocenters. The monoisotopic (exact) mass is 296 g/mol. The van der Waals surface area contributed by atoms with E-state index in [-0.39, 0.29) is 5.91 Å². The van der Waals surface area contributed by atoms with Crippen molar-refractivity contribution in [3.8, 4) is 0 Å². The van der Waals surface area contributed by atoms with Crippen LogP contribution in [0.1, 0.15) is 30.6 Å². The van der Waals surface area contributed by atoms with E-state index in [1.807, 2.05) is 11.0 Å². The van der Waals surface area contributed by atoms with Gasteiger partial charge in [-0.2, -0.15) is 0 Å². The number of pyridine rings is 1. The molecule has 92 valence electrons. The van der Waals surface area contributed by atoms with Crippen molar-refractivity contribution in [3.05, 3.63) is 28.5 Å². The molecular formula is C13H17BrN2O. The summed E-state index contributed by atoms with van der Waals surface area (Å²) < 4.78 is 0.635. The molecule has 0 N–H and O–H groups in total. The van der Waals surface area contributed by atoms with Crippen LogP contribution in [0.3, 0.4) is 0 Å². The number of carbonyl (C=O) groups excluding carboxylic acids is 1. The Kier molecular flexibility index (Phi) is 3.82. The Labute approximate surface area is 110 Å². The maximum absolute atomic E-state index is 12.4. The van der Waals surface area contributed by atoms with Gasteiger partial charge in [-0.15, -0.1) is 0 Å². The molecule has 0 aromatic carbocycles. The maximum atomic E-state index is 12.4. The second kappa shape index (κ2) is 5.17. The van der Waals surface area contributed by atoms with Crippen molar-refractivity contribution in [1.82, 2.24) is 9.88 Å². The number of piperidine rings is 1. The van der Waals surface area contributed by atoms with Gasteiger partial charge in [0.2, 0.25) is 0 Å². The normalized spacial score (nSPS) is 24.8. The summed E-state index contributed by atoms with van der Waals surface area (Å²) in [5.74, 6) is 1.25. The van der Waals surface area contributed by atoms with Gasteiger partial charge < -0.3 is 4.90 Å². The highest BCUT2D eigenvalue weighted by molar-refractivity contribution is 9.10. The Bertz CT molecular complexity index is 412. The topological polar surface area (TPSA) is 33.2 Å². The molecule has 1 saturated heterocycles. The van der Waals surface area contributed by atoms with Gasteiger partial charge in [0.15, 0.2) is 0 Å². The molecule has 1 aliphatic heterocycles. The second-order valence-electron chi connectivity index (χ2n) is 5.00. The van der Waals surface area contributed by atoms with Crippen LogP contribution in [0.2, 0.25) is 0 Å². The molecule has 3 nitrogen and oxygen atoms in total. The lowest BCUT2D eigenvalue weighted by atomic mass is 9.91. The molecule has 0 aliphatic carbocycles. The minimum atomic E-state index is 0.0865. The van der Waals surface area contributed by atoms with Crippen molar-refractivity contribution in [1.29, 1.82) is 0 Å². The van der Waals surface area contributed by atoms with E-state index in [1.165, 1.54) is 6.42 Å². The molecule has 2 heterocycles. The quantitative estimate of drug-likeness (QED) is 0.747. The summed E-state index contributed by atoms with van der Waals surface area (Å²) in [6, 6.07) is 3.62. The number of hydrogen-bond donors (Lipinski definition) is 0. The highest BCUT2D eigenvalue weighted by Crippen LogP contribution is 2.24. The largest absolute Gasteiger partial charge is 0.338 e. The lowest BCUT2D eigenvalue weighted by Crippen LogP contribution is -2.42. The molecule has 1 fully saturated rings. The van der Waals surface area contributed by atoms with Crippen molar-refractivity contribution in [2.45, 2.75) is 20.3 Å².